The van der Waals surface area contributed by atoms with E-state index in [-0.39, 0.29) is 11.8 Å². The Labute approximate surface area is 174 Å². The molecule has 2 aromatic carbocycles. The summed E-state index contributed by atoms with van der Waals surface area (Å²) in [6, 6.07) is 14.7. The number of piperidine rings is 1. The van der Waals surface area contributed by atoms with Crippen LogP contribution in [0.1, 0.15) is 28.8 Å². The van der Waals surface area contributed by atoms with Gasteiger partial charge in [-0.15, -0.1) is 0 Å². The predicted molar refractivity (Wildman–Crippen MR) is 109 cm³/mol. The fourth-order valence-electron chi connectivity index (χ4n) is 4.07. The van der Waals surface area contributed by atoms with Crippen molar-refractivity contribution in [3.8, 4) is 0 Å². The summed E-state index contributed by atoms with van der Waals surface area (Å²) in [7, 11) is 0. The normalized spacial score (nSPS) is 19.1. The number of halogens is 2. The molecule has 0 atom stereocenters. The molecule has 1 N–H and O–H groups in total. The van der Waals surface area contributed by atoms with Crippen molar-refractivity contribution in [3.63, 3.8) is 0 Å². The van der Waals surface area contributed by atoms with Crippen molar-refractivity contribution in [1.82, 2.24) is 15.1 Å². The third-order valence-corrected chi connectivity index (χ3v) is 6.18. The maximum Gasteiger partial charge on any atom is 0.253 e. The van der Waals surface area contributed by atoms with Gasteiger partial charge in [0.05, 0.1) is 6.67 Å². The van der Waals surface area contributed by atoms with Crippen LogP contribution in [0.15, 0.2) is 48.5 Å². The first-order valence-corrected chi connectivity index (χ1v) is 10.1. The summed E-state index contributed by atoms with van der Waals surface area (Å²) in [6.45, 7) is 2.26. The predicted octanol–water partition coefficient (Wildman–Crippen LogP) is 3.56. The number of carbonyl (C=O) groups excluding carboxylic acids is 2. The number of amides is 2. The summed E-state index contributed by atoms with van der Waals surface area (Å²) >= 11 is 12.0. The van der Waals surface area contributed by atoms with Crippen LogP contribution in [0.4, 0.5) is 0 Å². The average Bonchev–Trinajstić information content (AvgIpc) is 2.99. The molecule has 2 aliphatic rings. The van der Waals surface area contributed by atoms with Gasteiger partial charge in [-0.2, -0.15) is 0 Å². The maximum atomic E-state index is 12.8. The number of likely N-dealkylation sites (tertiary alicyclic amines) is 1. The Kier molecular flexibility index (Phi) is 5.32. The van der Waals surface area contributed by atoms with E-state index in [1.807, 2.05) is 29.2 Å². The van der Waals surface area contributed by atoms with E-state index in [1.54, 1.807) is 24.3 Å². The highest BCUT2D eigenvalue weighted by molar-refractivity contribution is 6.31. The van der Waals surface area contributed by atoms with Crippen LogP contribution < -0.4 is 5.32 Å². The van der Waals surface area contributed by atoms with Crippen LogP contribution >= 0.6 is 23.2 Å². The Morgan fingerprint density at radius 3 is 2.43 bits per heavy atom. The molecule has 0 radical (unpaired) electrons. The lowest BCUT2D eigenvalue weighted by Gasteiger charge is -2.42. The minimum Gasteiger partial charge on any atom is -0.342 e. The van der Waals surface area contributed by atoms with E-state index in [4.69, 9.17) is 23.2 Å². The minimum atomic E-state index is -0.565. The number of carbonyl (C=O) groups is 2. The zero-order valence-corrected chi connectivity index (χ0v) is 16.8. The van der Waals surface area contributed by atoms with Gasteiger partial charge in [0.25, 0.3) is 5.91 Å². The number of nitrogens with one attached hydrogen (secondary N) is 1. The molecule has 0 saturated carbocycles. The quantitative estimate of drug-likeness (QED) is 0.830. The van der Waals surface area contributed by atoms with Crippen LogP contribution in [0.3, 0.4) is 0 Å². The molecule has 0 aromatic heterocycles. The Morgan fingerprint density at radius 1 is 1.04 bits per heavy atom. The van der Waals surface area contributed by atoms with Crippen LogP contribution in [0, 0.1) is 0 Å². The highest BCUT2D eigenvalue weighted by atomic mass is 35.5. The lowest BCUT2D eigenvalue weighted by atomic mass is 9.85. The molecule has 0 unspecified atom stereocenters. The smallest absolute Gasteiger partial charge is 0.253 e. The second kappa shape index (κ2) is 7.74. The van der Waals surface area contributed by atoms with Crippen molar-refractivity contribution in [2.24, 2.45) is 0 Å². The van der Waals surface area contributed by atoms with Gasteiger partial charge < -0.3 is 10.2 Å². The highest BCUT2D eigenvalue weighted by Gasteiger charge is 2.50. The summed E-state index contributed by atoms with van der Waals surface area (Å²) in [5.74, 6) is 0.0105. The summed E-state index contributed by atoms with van der Waals surface area (Å²) < 4.78 is 0. The van der Waals surface area contributed by atoms with Crippen molar-refractivity contribution < 1.29 is 9.59 Å². The number of benzene rings is 2. The Bertz CT molecular complexity index is 893. The standard InChI is InChI=1S/C21H21Cl2N3O2/c22-17-6-4-15(5-7-17)13-26-14-24-20(28)21(26)8-10-25(11-9-21)19(27)16-2-1-3-18(23)12-16/h1-7,12H,8-11,13-14H2,(H,24,28). The van der Waals surface area contributed by atoms with Crippen LogP contribution in [0.25, 0.3) is 0 Å². The van der Waals surface area contributed by atoms with Gasteiger partial charge in [0, 0.05) is 35.2 Å². The molecular weight excluding hydrogens is 397 g/mol. The first kappa shape index (κ1) is 19.2. The van der Waals surface area contributed by atoms with Crippen molar-refractivity contribution in [1.29, 1.82) is 0 Å². The largest absolute Gasteiger partial charge is 0.342 e. The van der Waals surface area contributed by atoms with Crippen LogP contribution in [-0.4, -0.2) is 46.9 Å². The molecular formula is C21H21Cl2N3O2. The molecule has 4 rings (SSSR count). The third-order valence-electron chi connectivity index (χ3n) is 5.69. The first-order valence-electron chi connectivity index (χ1n) is 9.31. The van der Waals surface area contributed by atoms with E-state index in [0.717, 1.165) is 5.56 Å². The van der Waals surface area contributed by atoms with E-state index in [1.165, 1.54) is 0 Å². The fraction of sp³-hybridized carbons (Fsp3) is 0.333. The van der Waals surface area contributed by atoms with E-state index in [9.17, 15) is 9.59 Å². The van der Waals surface area contributed by atoms with Crippen LogP contribution in [0.2, 0.25) is 10.0 Å². The van der Waals surface area contributed by atoms with Crippen molar-refractivity contribution in [3.05, 3.63) is 69.7 Å². The third kappa shape index (κ3) is 3.62. The Balaban J connectivity index is 1.47. The number of hydrogen-bond donors (Lipinski definition) is 1. The number of rotatable bonds is 3. The molecule has 2 amide bonds. The highest BCUT2D eigenvalue weighted by Crippen LogP contribution is 2.34. The van der Waals surface area contributed by atoms with Crippen LogP contribution in [-0.2, 0) is 11.3 Å². The van der Waals surface area contributed by atoms with Gasteiger partial charge in [-0.05, 0) is 48.7 Å². The Hall–Kier alpha value is -2.08. The van der Waals surface area contributed by atoms with Gasteiger partial charge in [0.15, 0.2) is 0 Å². The van der Waals surface area contributed by atoms with Crippen molar-refractivity contribution >= 4 is 35.0 Å². The van der Waals surface area contributed by atoms with Gasteiger partial charge >= 0.3 is 0 Å². The second-order valence-electron chi connectivity index (χ2n) is 7.32. The molecule has 2 fully saturated rings. The van der Waals surface area contributed by atoms with Crippen LogP contribution in [0.5, 0.6) is 0 Å². The molecule has 2 aromatic rings. The van der Waals surface area contributed by atoms with E-state index >= 15 is 0 Å². The molecule has 5 nitrogen and oxygen atoms in total. The molecule has 28 heavy (non-hydrogen) atoms. The number of hydrogen-bond acceptors (Lipinski definition) is 3. The van der Waals surface area contributed by atoms with Crippen molar-refractivity contribution in [2.75, 3.05) is 19.8 Å². The van der Waals surface area contributed by atoms with E-state index < -0.39 is 5.54 Å². The summed E-state index contributed by atoms with van der Waals surface area (Å²) in [5.41, 5.74) is 1.13. The lowest BCUT2D eigenvalue weighted by molar-refractivity contribution is -0.129. The van der Waals surface area contributed by atoms with E-state index in [0.29, 0.717) is 54.8 Å². The lowest BCUT2D eigenvalue weighted by Crippen LogP contribution is -2.56. The monoisotopic (exact) mass is 417 g/mol. The van der Waals surface area contributed by atoms with Gasteiger partial charge in [0.1, 0.15) is 5.54 Å². The van der Waals surface area contributed by atoms with E-state index in [2.05, 4.69) is 10.2 Å². The molecule has 146 valence electrons. The summed E-state index contributed by atoms with van der Waals surface area (Å²) in [5, 5.41) is 4.23. The topological polar surface area (TPSA) is 52.7 Å². The molecule has 2 aliphatic heterocycles. The summed E-state index contributed by atoms with van der Waals surface area (Å²) in [6.07, 6.45) is 1.22. The molecule has 2 heterocycles. The van der Waals surface area contributed by atoms with Gasteiger partial charge in [-0.3, -0.25) is 14.5 Å². The molecule has 0 aliphatic carbocycles. The SMILES string of the molecule is O=C(c1cccc(Cl)c1)N1CCC2(CC1)C(=O)NCN2Cc1ccc(Cl)cc1. The fourth-order valence-corrected chi connectivity index (χ4v) is 4.39. The molecule has 1 spiro atoms. The second-order valence-corrected chi connectivity index (χ2v) is 8.20. The molecule has 7 heteroatoms. The maximum absolute atomic E-state index is 12.8. The average molecular weight is 418 g/mol. The zero-order chi connectivity index (χ0) is 19.7. The molecule has 0 bridgehead atoms. The molecule has 2 saturated heterocycles. The van der Waals surface area contributed by atoms with Gasteiger partial charge in [-0.25, -0.2) is 0 Å². The van der Waals surface area contributed by atoms with Gasteiger partial charge in [0.2, 0.25) is 5.91 Å². The summed E-state index contributed by atoms with van der Waals surface area (Å²) in [4.78, 5) is 29.5. The zero-order valence-electron chi connectivity index (χ0n) is 15.3. The number of nitrogens with zero attached hydrogens (tertiary/aromatic N) is 2. The first-order chi connectivity index (χ1) is 13.5. The van der Waals surface area contributed by atoms with Gasteiger partial charge in [-0.1, -0.05) is 41.4 Å². The minimum absolute atomic E-state index is 0.0417. The van der Waals surface area contributed by atoms with Crippen molar-refractivity contribution in [2.45, 2.75) is 24.9 Å². The Morgan fingerprint density at radius 2 is 1.75 bits per heavy atom.